The van der Waals surface area contributed by atoms with Crippen LogP contribution in [0.4, 0.5) is 4.79 Å². The molecule has 1 aromatic carbocycles. The summed E-state index contributed by atoms with van der Waals surface area (Å²) in [5.74, 6) is -1.24. The molecule has 34 heavy (non-hydrogen) atoms. The minimum atomic E-state index is -3.95. The molecule has 1 aliphatic heterocycles. The lowest BCUT2D eigenvalue weighted by molar-refractivity contribution is 0.0232. The van der Waals surface area contributed by atoms with E-state index in [4.69, 9.17) is 4.74 Å². The van der Waals surface area contributed by atoms with Crippen molar-refractivity contribution in [2.24, 2.45) is 0 Å². The van der Waals surface area contributed by atoms with Crippen LogP contribution in [0, 0.1) is 0 Å². The number of hydrogen-bond donors (Lipinski definition) is 3. The first-order chi connectivity index (χ1) is 15.8. The van der Waals surface area contributed by atoms with Gasteiger partial charge in [0.15, 0.2) is 0 Å². The number of H-pyrrole nitrogens is 2. The second kappa shape index (κ2) is 8.13. The normalized spacial score (nSPS) is 17.4. The fourth-order valence-electron chi connectivity index (χ4n) is 4.11. The number of pyridine rings is 1. The lowest BCUT2D eigenvalue weighted by Crippen LogP contribution is -2.42. The summed E-state index contributed by atoms with van der Waals surface area (Å²) in [5, 5.41) is 9.97. The molecular weight excluding hydrogens is 464 g/mol. The van der Waals surface area contributed by atoms with Crippen LogP contribution in [0.2, 0.25) is 0 Å². The fraction of sp³-hybridized carbons (Fsp3) is 0.409. The van der Waals surface area contributed by atoms with E-state index in [0.717, 1.165) is 0 Å². The molecule has 0 saturated carbocycles. The number of ether oxygens (including phenoxy) is 1. The van der Waals surface area contributed by atoms with Gasteiger partial charge >= 0.3 is 12.1 Å². The molecule has 0 bridgehead atoms. The number of aromatic carboxylic acids is 1. The topological polar surface area (TPSA) is 153 Å². The zero-order valence-corrected chi connectivity index (χ0v) is 20.0. The van der Waals surface area contributed by atoms with Gasteiger partial charge in [-0.15, -0.1) is 0 Å². The highest BCUT2D eigenvalue weighted by atomic mass is 32.2. The number of carbonyl (C=O) groups excluding carboxylic acids is 1. The molecule has 1 unspecified atom stereocenters. The monoisotopic (exact) mass is 490 g/mol. The number of sulfonamides is 1. The number of nitrogens with one attached hydrogen (secondary N) is 2. The number of hydrogen-bond acceptors (Lipinski definition) is 6. The van der Waals surface area contributed by atoms with Crippen molar-refractivity contribution in [3.8, 4) is 0 Å². The third kappa shape index (κ3) is 4.14. The van der Waals surface area contributed by atoms with Gasteiger partial charge in [0.2, 0.25) is 10.0 Å². The predicted octanol–water partition coefficient (Wildman–Crippen LogP) is 2.34. The second-order valence-corrected chi connectivity index (χ2v) is 11.3. The van der Waals surface area contributed by atoms with Crippen molar-refractivity contribution in [3.63, 3.8) is 0 Å². The van der Waals surface area contributed by atoms with Crippen LogP contribution < -0.4 is 5.56 Å². The van der Waals surface area contributed by atoms with Gasteiger partial charge in [-0.25, -0.2) is 18.0 Å². The number of carboxylic acid groups (broad SMARTS) is 1. The van der Waals surface area contributed by atoms with Crippen LogP contribution in [0.15, 0.2) is 34.1 Å². The number of benzene rings is 1. The number of nitrogens with zero attached hydrogens (tertiary/aromatic N) is 2. The number of aromatic amines is 2. The van der Waals surface area contributed by atoms with Gasteiger partial charge in [-0.1, -0.05) is 0 Å². The molecule has 3 N–H and O–H groups in total. The second-order valence-electron chi connectivity index (χ2n) is 9.32. The zero-order chi connectivity index (χ0) is 25.0. The van der Waals surface area contributed by atoms with Crippen LogP contribution in [0.25, 0.3) is 21.8 Å². The van der Waals surface area contributed by atoms with E-state index in [-0.39, 0.29) is 40.5 Å². The first-order valence-corrected chi connectivity index (χ1v) is 12.1. The molecular formula is C22H26N4O7S. The fourth-order valence-corrected chi connectivity index (χ4v) is 5.63. The van der Waals surface area contributed by atoms with Crippen LogP contribution in [0.5, 0.6) is 0 Å². The Kier molecular flexibility index (Phi) is 5.68. The van der Waals surface area contributed by atoms with Gasteiger partial charge in [-0.05, 0) is 45.4 Å². The molecule has 2 aromatic heterocycles. The van der Waals surface area contributed by atoms with E-state index < -0.39 is 33.2 Å². The SMILES string of the molecule is CN(C(=O)OC(C)(C)C)C1CCN(S(=O)(=O)c2ccc3[nH]c(=O)c4[nH]cc(C(=O)O)c4c3c2)C1. The molecule has 3 aromatic rings. The van der Waals surface area contributed by atoms with Gasteiger partial charge in [-0.3, -0.25) is 4.79 Å². The molecule has 1 amide bonds. The molecule has 0 spiro atoms. The minimum absolute atomic E-state index is 0.0357. The molecule has 182 valence electrons. The summed E-state index contributed by atoms with van der Waals surface area (Å²) in [5.41, 5.74) is -0.915. The summed E-state index contributed by atoms with van der Waals surface area (Å²) in [6, 6.07) is 3.84. The molecule has 1 atom stereocenters. The maximum atomic E-state index is 13.4. The summed E-state index contributed by atoms with van der Waals surface area (Å²) < 4.78 is 33.5. The first kappa shape index (κ1) is 23.8. The summed E-state index contributed by atoms with van der Waals surface area (Å²) in [7, 11) is -2.37. The Morgan fingerprint density at radius 3 is 2.62 bits per heavy atom. The van der Waals surface area contributed by atoms with Gasteiger partial charge < -0.3 is 24.7 Å². The van der Waals surface area contributed by atoms with E-state index in [0.29, 0.717) is 17.3 Å². The van der Waals surface area contributed by atoms with E-state index in [1.165, 1.54) is 33.6 Å². The lowest BCUT2D eigenvalue weighted by atomic mass is 10.1. The van der Waals surface area contributed by atoms with Crippen molar-refractivity contribution in [1.82, 2.24) is 19.2 Å². The maximum absolute atomic E-state index is 13.4. The van der Waals surface area contributed by atoms with Crippen molar-refractivity contribution in [2.75, 3.05) is 20.1 Å². The molecule has 12 heteroatoms. The van der Waals surface area contributed by atoms with Gasteiger partial charge in [0.1, 0.15) is 11.1 Å². The first-order valence-electron chi connectivity index (χ1n) is 10.7. The molecule has 11 nitrogen and oxygen atoms in total. The number of carboxylic acids is 1. The Balaban J connectivity index is 1.68. The highest BCUT2D eigenvalue weighted by Crippen LogP contribution is 2.30. The summed E-state index contributed by atoms with van der Waals surface area (Å²) in [6.07, 6.45) is 1.13. The predicted molar refractivity (Wildman–Crippen MR) is 125 cm³/mol. The minimum Gasteiger partial charge on any atom is -0.478 e. The number of rotatable bonds is 4. The van der Waals surface area contributed by atoms with E-state index in [9.17, 15) is 27.9 Å². The molecule has 0 aliphatic carbocycles. The molecule has 0 radical (unpaired) electrons. The maximum Gasteiger partial charge on any atom is 0.410 e. The molecule has 1 aliphatic rings. The van der Waals surface area contributed by atoms with Crippen molar-refractivity contribution in [1.29, 1.82) is 0 Å². The highest BCUT2D eigenvalue weighted by molar-refractivity contribution is 7.89. The van der Waals surface area contributed by atoms with Crippen molar-refractivity contribution in [2.45, 2.75) is 43.7 Å². The van der Waals surface area contributed by atoms with Gasteiger partial charge in [0, 0.05) is 48.7 Å². The van der Waals surface area contributed by atoms with Crippen LogP contribution >= 0.6 is 0 Å². The Morgan fingerprint density at radius 2 is 1.97 bits per heavy atom. The molecule has 4 rings (SSSR count). The Bertz CT molecular complexity index is 1470. The Labute approximate surface area is 195 Å². The number of amides is 1. The van der Waals surface area contributed by atoms with Crippen LogP contribution in [-0.2, 0) is 14.8 Å². The smallest absolute Gasteiger partial charge is 0.410 e. The van der Waals surface area contributed by atoms with Gasteiger partial charge in [-0.2, -0.15) is 4.31 Å². The average Bonchev–Trinajstić information content (AvgIpc) is 3.40. The van der Waals surface area contributed by atoms with E-state index in [1.807, 2.05) is 0 Å². The van der Waals surface area contributed by atoms with Crippen molar-refractivity contribution >= 4 is 43.9 Å². The van der Waals surface area contributed by atoms with E-state index in [2.05, 4.69) is 9.97 Å². The summed E-state index contributed by atoms with van der Waals surface area (Å²) in [6.45, 7) is 5.59. The standard InChI is InChI=1S/C22H26N4O7S/c1-22(2,3)33-21(30)25(4)12-7-8-26(11-12)34(31,32)13-5-6-16-14(9-13)17-15(20(28)29)10-23-18(17)19(27)24-16/h5-6,9-10,12,23H,7-8,11H2,1-4H3,(H,24,27)(H,28,29). The van der Waals surface area contributed by atoms with Crippen molar-refractivity contribution < 1.29 is 27.9 Å². The number of likely N-dealkylation sites (N-methyl/N-ethyl adjacent to an activating group) is 1. The quantitative estimate of drug-likeness (QED) is 0.507. The highest BCUT2D eigenvalue weighted by Gasteiger charge is 2.37. The van der Waals surface area contributed by atoms with Gasteiger partial charge in [0.25, 0.3) is 5.56 Å². The number of fused-ring (bicyclic) bond motifs is 3. The largest absolute Gasteiger partial charge is 0.478 e. The van der Waals surface area contributed by atoms with Crippen LogP contribution in [0.3, 0.4) is 0 Å². The number of carbonyl (C=O) groups is 2. The van der Waals surface area contributed by atoms with Crippen LogP contribution in [-0.4, -0.2) is 76.5 Å². The molecule has 3 heterocycles. The van der Waals surface area contributed by atoms with Crippen molar-refractivity contribution in [3.05, 3.63) is 40.3 Å². The van der Waals surface area contributed by atoms with E-state index in [1.54, 1.807) is 27.8 Å². The Hall–Kier alpha value is -3.38. The summed E-state index contributed by atoms with van der Waals surface area (Å²) in [4.78, 5) is 43.0. The van der Waals surface area contributed by atoms with Crippen LogP contribution in [0.1, 0.15) is 37.6 Å². The molecule has 1 saturated heterocycles. The summed E-state index contributed by atoms with van der Waals surface area (Å²) >= 11 is 0. The lowest BCUT2D eigenvalue weighted by Gasteiger charge is -2.28. The van der Waals surface area contributed by atoms with Gasteiger partial charge in [0.05, 0.1) is 10.5 Å². The molecule has 1 fully saturated rings. The number of aromatic nitrogens is 2. The van der Waals surface area contributed by atoms with E-state index >= 15 is 0 Å². The average molecular weight is 491 g/mol. The third-order valence-corrected chi connectivity index (χ3v) is 7.70. The Morgan fingerprint density at radius 1 is 1.26 bits per heavy atom. The third-order valence-electron chi connectivity index (χ3n) is 5.84. The zero-order valence-electron chi connectivity index (χ0n) is 19.2.